The molecule has 0 saturated carbocycles. The number of benzene rings is 5. The minimum absolute atomic E-state index is 0.00921. The molecule has 0 fully saturated rings. The van der Waals surface area contributed by atoms with E-state index in [1.54, 1.807) is 0 Å². The summed E-state index contributed by atoms with van der Waals surface area (Å²) in [7, 11) is 0. The van der Waals surface area contributed by atoms with Crippen molar-refractivity contribution >= 4 is 32.9 Å². The van der Waals surface area contributed by atoms with E-state index in [1.165, 1.54) is 43.8 Å². The van der Waals surface area contributed by atoms with E-state index < -0.39 is 0 Å². The van der Waals surface area contributed by atoms with Crippen LogP contribution in [0.5, 0.6) is 0 Å². The van der Waals surface area contributed by atoms with Crippen molar-refractivity contribution < 1.29 is 0 Å². The minimum atomic E-state index is -0.00921. The number of allylic oxidation sites excluding steroid dienone is 2. The maximum Gasteiger partial charge on any atom is 0.0893 e. The molecule has 4 heteroatoms. The van der Waals surface area contributed by atoms with Crippen LogP contribution >= 0.6 is 0 Å². The van der Waals surface area contributed by atoms with E-state index >= 15 is 0 Å². The SMILES string of the molecule is CC(C)(C)c1ccc2c(-c3ccccc3)c3ccccc3c(-c3cccc(-c4cccc(-c5ccc(N6c7cnccc7C7C=CC=CC76)cc5)n4)n3)c2c1. The maximum atomic E-state index is 5.38. The molecule has 1 aliphatic carbocycles. The van der Waals surface area contributed by atoms with E-state index in [0.29, 0.717) is 5.92 Å². The first-order valence-electron chi connectivity index (χ1n) is 19.1. The smallest absolute Gasteiger partial charge is 0.0893 e. The standard InChI is InChI=1S/C51H40N4/c1-51(2,3)35-25-28-41-42(31-35)50(40-17-8-7-16-39(40)49(41)34-13-5-4-6-14-34)46-21-12-20-45(54-46)44-19-11-18-43(53-44)33-23-26-36(27-24-33)55-47-22-10-9-15-37(47)38-29-30-52-32-48(38)55/h4-32,37,47H,1-3H3. The Morgan fingerprint density at radius 1 is 0.527 bits per heavy atom. The van der Waals surface area contributed by atoms with Gasteiger partial charge in [-0.2, -0.15) is 0 Å². The third kappa shape index (κ3) is 5.64. The number of rotatable bonds is 5. The minimum Gasteiger partial charge on any atom is -0.332 e. The van der Waals surface area contributed by atoms with Crippen LogP contribution in [0.2, 0.25) is 0 Å². The summed E-state index contributed by atoms with van der Waals surface area (Å²) in [5.74, 6) is 0.322. The zero-order valence-corrected chi connectivity index (χ0v) is 31.2. The average Bonchev–Trinajstić information content (AvgIpc) is 3.57. The Kier molecular flexibility index (Phi) is 7.81. The van der Waals surface area contributed by atoms with Gasteiger partial charge in [-0.15, -0.1) is 0 Å². The van der Waals surface area contributed by atoms with Gasteiger partial charge >= 0.3 is 0 Å². The molecule has 4 nitrogen and oxygen atoms in total. The van der Waals surface area contributed by atoms with E-state index in [9.17, 15) is 0 Å². The van der Waals surface area contributed by atoms with Gasteiger partial charge in [0, 0.05) is 28.9 Å². The number of anilines is 2. The second-order valence-electron chi connectivity index (χ2n) is 15.6. The van der Waals surface area contributed by atoms with E-state index in [-0.39, 0.29) is 11.5 Å². The van der Waals surface area contributed by atoms with Gasteiger partial charge < -0.3 is 4.90 Å². The van der Waals surface area contributed by atoms with Gasteiger partial charge in [0.1, 0.15) is 0 Å². The third-order valence-corrected chi connectivity index (χ3v) is 11.3. The highest BCUT2D eigenvalue weighted by atomic mass is 15.2. The number of hydrogen-bond donors (Lipinski definition) is 0. The molecule has 4 heterocycles. The van der Waals surface area contributed by atoms with Gasteiger partial charge in [-0.05, 0) is 97.7 Å². The topological polar surface area (TPSA) is 41.9 Å². The molecule has 2 atom stereocenters. The second-order valence-corrected chi connectivity index (χ2v) is 15.6. The highest BCUT2D eigenvalue weighted by molar-refractivity contribution is 6.21. The van der Waals surface area contributed by atoms with Crippen molar-refractivity contribution in [3.05, 3.63) is 187 Å². The molecular formula is C51H40N4. The van der Waals surface area contributed by atoms with Crippen LogP contribution < -0.4 is 4.90 Å². The van der Waals surface area contributed by atoms with Crippen LogP contribution in [0.1, 0.15) is 37.8 Å². The Labute approximate surface area is 322 Å². The van der Waals surface area contributed by atoms with Gasteiger partial charge in [-0.3, -0.25) is 4.98 Å². The van der Waals surface area contributed by atoms with Crippen LogP contribution in [0, 0.1) is 0 Å². The van der Waals surface area contributed by atoms with Crippen molar-refractivity contribution in [1.82, 2.24) is 15.0 Å². The van der Waals surface area contributed by atoms with Crippen molar-refractivity contribution in [2.45, 2.75) is 38.1 Å². The van der Waals surface area contributed by atoms with Crippen LogP contribution in [0.15, 0.2) is 176 Å². The van der Waals surface area contributed by atoms with Gasteiger partial charge in [0.2, 0.25) is 0 Å². The third-order valence-electron chi connectivity index (χ3n) is 11.3. The summed E-state index contributed by atoms with van der Waals surface area (Å²) >= 11 is 0. The van der Waals surface area contributed by atoms with Crippen molar-refractivity contribution in [3.8, 4) is 45.0 Å². The molecule has 0 N–H and O–H groups in total. The molecular weight excluding hydrogens is 669 g/mol. The zero-order valence-electron chi connectivity index (χ0n) is 31.2. The number of pyridine rings is 3. The van der Waals surface area contributed by atoms with Crippen LogP contribution in [-0.4, -0.2) is 21.0 Å². The van der Waals surface area contributed by atoms with Crippen LogP contribution in [-0.2, 0) is 5.41 Å². The van der Waals surface area contributed by atoms with Crippen molar-refractivity contribution in [2.24, 2.45) is 0 Å². The molecule has 3 aromatic heterocycles. The molecule has 2 aliphatic rings. The van der Waals surface area contributed by atoms with Crippen molar-refractivity contribution in [1.29, 1.82) is 0 Å². The molecule has 0 radical (unpaired) electrons. The fourth-order valence-corrected chi connectivity index (χ4v) is 8.57. The molecule has 0 saturated heterocycles. The first-order valence-corrected chi connectivity index (χ1v) is 19.1. The molecule has 0 amide bonds. The quantitative estimate of drug-likeness (QED) is 0.167. The lowest BCUT2D eigenvalue weighted by atomic mass is 9.82. The first kappa shape index (κ1) is 33.0. The summed E-state index contributed by atoms with van der Waals surface area (Å²) in [6.07, 6.45) is 12.8. The molecule has 1 aliphatic heterocycles. The summed E-state index contributed by atoms with van der Waals surface area (Å²) in [6, 6.07) is 50.2. The zero-order chi connectivity index (χ0) is 37.1. The van der Waals surface area contributed by atoms with Gasteiger partial charge in [0.25, 0.3) is 0 Å². The van der Waals surface area contributed by atoms with E-state index in [2.05, 4.69) is 194 Å². The molecule has 2 unspecified atom stereocenters. The van der Waals surface area contributed by atoms with Gasteiger partial charge in [-0.1, -0.05) is 136 Å². The molecule has 10 rings (SSSR count). The lowest BCUT2D eigenvalue weighted by molar-refractivity contribution is 0.591. The van der Waals surface area contributed by atoms with Crippen LogP contribution in [0.25, 0.3) is 66.6 Å². The fraction of sp³-hybridized carbons (Fsp3) is 0.118. The summed E-state index contributed by atoms with van der Waals surface area (Å²) in [5, 5.41) is 4.84. The highest BCUT2D eigenvalue weighted by Gasteiger charge is 2.37. The number of aromatic nitrogens is 3. The molecule has 0 spiro atoms. The average molecular weight is 709 g/mol. The number of hydrogen-bond acceptors (Lipinski definition) is 4. The summed E-state index contributed by atoms with van der Waals surface area (Å²) in [4.78, 5) is 17.5. The monoisotopic (exact) mass is 708 g/mol. The number of fused-ring (bicyclic) bond motifs is 5. The van der Waals surface area contributed by atoms with E-state index in [4.69, 9.17) is 9.97 Å². The Balaban J connectivity index is 1.06. The predicted octanol–water partition coefficient (Wildman–Crippen LogP) is 12.9. The largest absolute Gasteiger partial charge is 0.332 e. The van der Waals surface area contributed by atoms with Crippen molar-refractivity contribution in [2.75, 3.05) is 4.90 Å². The highest BCUT2D eigenvalue weighted by Crippen LogP contribution is 2.48. The Bertz CT molecular complexity index is 2810. The lowest BCUT2D eigenvalue weighted by Gasteiger charge is -2.28. The molecule has 264 valence electrons. The fourth-order valence-electron chi connectivity index (χ4n) is 8.57. The molecule has 55 heavy (non-hydrogen) atoms. The Morgan fingerprint density at radius 2 is 1.18 bits per heavy atom. The lowest BCUT2D eigenvalue weighted by Crippen LogP contribution is -2.28. The van der Waals surface area contributed by atoms with Crippen molar-refractivity contribution in [3.63, 3.8) is 0 Å². The summed E-state index contributed by atoms with van der Waals surface area (Å²) in [6.45, 7) is 6.84. The first-order chi connectivity index (χ1) is 26.9. The molecule has 8 aromatic rings. The summed E-state index contributed by atoms with van der Waals surface area (Å²) in [5.41, 5.74) is 13.1. The number of nitrogens with zero attached hydrogens (tertiary/aromatic N) is 4. The Hall–Kier alpha value is -6.65. The van der Waals surface area contributed by atoms with E-state index in [0.717, 1.165) is 45.3 Å². The second kappa shape index (κ2) is 13.0. The van der Waals surface area contributed by atoms with Gasteiger partial charge in [0.05, 0.1) is 40.7 Å². The normalized spacial score (nSPS) is 16.1. The van der Waals surface area contributed by atoms with Gasteiger partial charge in [0.15, 0.2) is 0 Å². The predicted molar refractivity (Wildman–Crippen MR) is 229 cm³/mol. The molecule has 5 aromatic carbocycles. The van der Waals surface area contributed by atoms with Crippen LogP contribution in [0.4, 0.5) is 11.4 Å². The maximum absolute atomic E-state index is 5.38. The van der Waals surface area contributed by atoms with E-state index in [1.807, 2.05) is 12.4 Å². The van der Waals surface area contributed by atoms with Gasteiger partial charge in [-0.25, -0.2) is 9.97 Å². The summed E-state index contributed by atoms with van der Waals surface area (Å²) < 4.78 is 0. The molecule has 0 bridgehead atoms. The van der Waals surface area contributed by atoms with Crippen LogP contribution in [0.3, 0.4) is 0 Å². The Morgan fingerprint density at radius 3 is 1.95 bits per heavy atom.